The summed E-state index contributed by atoms with van der Waals surface area (Å²) in [5.74, 6) is 1.99. The van der Waals surface area contributed by atoms with Gasteiger partial charge in [0.05, 0.1) is 5.75 Å². The van der Waals surface area contributed by atoms with Crippen molar-refractivity contribution in [1.29, 1.82) is 0 Å². The van der Waals surface area contributed by atoms with Crippen molar-refractivity contribution in [2.24, 2.45) is 5.92 Å². The Morgan fingerprint density at radius 2 is 2.06 bits per heavy atom. The molecule has 4 nitrogen and oxygen atoms in total. The summed E-state index contributed by atoms with van der Waals surface area (Å²) in [5.41, 5.74) is 0. The molecule has 0 amide bonds. The van der Waals surface area contributed by atoms with Gasteiger partial charge >= 0.3 is 6.01 Å². The van der Waals surface area contributed by atoms with E-state index < -0.39 is 0 Å². The Bertz CT molecular complexity index is 470. The summed E-state index contributed by atoms with van der Waals surface area (Å²) < 4.78 is 5.12. The molecule has 1 N–H and O–H groups in total. The number of nitrogens with one attached hydrogen (secondary N) is 1. The lowest BCUT2D eigenvalue weighted by molar-refractivity contribution is 0.423. The van der Waals surface area contributed by atoms with Crippen LogP contribution in [0.25, 0.3) is 0 Å². The van der Waals surface area contributed by atoms with E-state index in [4.69, 9.17) is 4.52 Å². The lowest BCUT2D eigenvalue weighted by atomic mass is 10.2. The van der Waals surface area contributed by atoms with Crippen molar-refractivity contribution in [3.8, 4) is 0 Å². The Hall–Kier alpha value is -1.49. The van der Waals surface area contributed by atoms with E-state index in [0.717, 1.165) is 18.1 Å². The molecule has 0 atom stereocenters. The average molecular weight is 263 g/mol. The second-order valence-corrected chi connectivity index (χ2v) is 5.44. The van der Waals surface area contributed by atoms with Gasteiger partial charge in [-0.3, -0.25) is 0 Å². The van der Waals surface area contributed by atoms with Gasteiger partial charge in [-0.1, -0.05) is 37.2 Å². The number of nitrogens with zero attached hydrogens (tertiary/aromatic N) is 2. The zero-order valence-electron chi connectivity index (χ0n) is 10.6. The minimum Gasteiger partial charge on any atom is -0.337 e. The number of thioether (sulfide) groups is 1. The van der Waals surface area contributed by atoms with Crippen molar-refractivity contribution in [1.82, 2.24) is 10.1 Å². The van der Waals surface area contributed by atoms with Gasteiger partial charge in [-0.05, 0) is 18.1 Å². The quantitative estimate of drug-likeness (QED) is 0.809. The summed E-state index contributed by atoms with van der Waals surface area (Å²) in [4.78, 5) is 5.49. The van der Waals surface area contributed by atoms with Gasteiger partial charge in [0.15, 0.2) is 5.82 Å². The lowest BCUT2D eigenvalue weighted by Gasteiger charge is -2.02. The van der Waals surface area contributed by atoms with E-state index in [1.807, 2.05) is 18.2 Å². The highest BCUT2D eigenvalue weighted by Crippen LogP contribution is 2.21. The van der Waals surface area contributed by atoms with Gasteiger partial charge in [0.1, 0.15) is 0 Å². The first kappa shape index (κ1) is 13.0. The van der Waals surface area contributed by atoms with Crippen LogP contribution in [0.4, 0.5) is 6.01 Å². The summed E-state index contributed by atoms with van der Waals surface area (Å²) in [6.45, 7) is 5.11. The fourth-order valence-electron chi connectivity index (χ4n) is 1.34. The third-order valence-electron chi connectivity index (χ3n) is 2.24. The van der Waals surface area contributed by atoms with Crippen LogP contribution in [0.15, 0.2) is 39.8 Å². The van der Waals surface area contributed by atoms with Crippen molar-refractivity contribution < 1.29 is 4.52 Å². The van der Waals surface area contributed by atoms with Crippen molar-refractivity contribution in [2.75, 3.05) is 11.9 Å². The molecule has 0 aliphatic rings. The fraction of sp³-hybridized carbons (Fsp3) is 0.385. The molecule has 0 bridgehead atoms. The first-order valence-corrected chi connectivity index (χ1v) is 6.97. The van der Waals surface area contributed by atoms with Crippen molar-refractivity contribution in [2.45, 2.75) is 24.5 Å². The summed E-state index contributed by atoms with van der Waals surface area (Å²) >= 11 is 1.70. The van der Waals surface area contributed by atoms with Gasteiger partial charge in [0.25, 0.3) is 0 Å². The van der Waals surface area contributed by atoms with Crippen LogP contribution >= 0.6 is 11.8 Å². The second kappa shape index (κ2) is 6.44. The van der Waals surface area contributed by atoms with E-state index in [0.29, 0.717) is 11.9 Å². The van der Waals surface area contributed by atoms with E-state index in [9.17, 15) is 0 Å². The average Bonchev–Trinajstić information content (AvgIpc) is 2.83. The molecule has 0 saturated carbocycles. The largest absolute Gasteiger partial charge is 0.337 e. The molecule has 0 radical (unpaired) electrons. The maximum absolute atomic E-state index is 5.12. The topological polar surface area (TPSA) is 51.0 Å². The Labute approximate surface area is 111 Å². The van der Waals surface area contributed by atoms with Crippen molar-refractivity contribution >= 4 is 17.8 Å². The molecule has 0 unspecified atom stereocenters. The lowest BCUT2D eigenvalue weighted by Crippen LogP contribution is -2.07. The molecule has 0 spiro atoms. The first-order chi connectivity index (χ1) is 8.74. The molecule has 96 valence electrons. The molecule has 1 aromatic carbocycles. The smallest absolute Gasteiger partial charge is 0.321 e. The minimum absolute atomic E-state index is 0.507. The number of benzene rings is 1. The highest BCUT2D eigenvalue weighted by atomic mass is 32.2. The van der Waals surface area contributed by atoms with Crippen LogP contribution in [0, 0.1) is 5.92 Å². The zero-order chi connectivity index (χ0) is 12.8. The monoisotopic (exact) mass is 263 g/mol. The standard InChI is InChI=1S/C13H17N3OS/c1-10(2)8-14-13-15-12(16-17-13)9-18-11-6-4-3-5-7-11/h3-7,10H,8-9H2,1-2H3,(H,14,15,16). The van der Waals surface area contributed by atoms with Crippen LogP contribution in [0.1, 0.15) is 19.7 Å². The Balaban J connectivity index is 1.83. The van der Waals surface area contributed by atoms with Crippen LogP contribution in [-0.4, -0.2) is 16.7 Å². The van der Waals surface area contributed by atoms with Crippen LogP contribution in [-0.2, 0) is 5.75 Å². The predicted molar refractivity (Wildman–Crippen MR) is 73.6 cm³/mol. The molecule has 0 aliphatic carbocycles. The third kappa shape index (κ3) is 4.07. The fourth-order valence-corrected chi connectivity index (χ4v) is 2.10. The van der Waals surface area contributed by atoms with Crippen molar-refractivity contribution in [3.05, 3.63) is 36.2 Å². The van der Waals surface area contributed by atoms with Gasteiger partial charge in [-0.15, -0.1) is 11.8 Å². The van der Waals surface area contributed by atoms with Gasteiger partial charge in [-0.2, -0.15) is 4.98 Å². The van der Waals surface area contributed by atoms with Crippen LogP contribution < -0.4 is 5.32 Å². The van der Waals surface area contributed by atoms with Crippen LogP contribution in [0.3, 0.4) is 0 Å². The molecule has 18 heavy (non-hydrogen) atoms. The maximum Gasteiger partial charge on any atom is 0.321 e. The number of anilines is 1. The molecule has 2 aromatic rings. The van der Waals surface area contributed by atoms with E-state index in [1.54, 1.807) is 11.8 Å². The number of rotatable bonds is 6. The van der Waals surface area contributed by atoms with Gasteiger partial charge in [0.2, 0.25) is 0 Å². The highest BCUT2D eigenvalue weighted by Gasteiger charge is 2.06. The number of hydrogen-bond acceptors (Lipinski definition) is 5. The SMILES string of the molecule is CC(C)CNc1nc(CSc2ccccc2)no1. The molecule has 0 fully saturated rings. The van der Waals surface area contributed by atoms with E-state index in [-0.39, 0.29) is 0 Å². The molecule has 2 rings (SSSR count). The van der Waals surface area contributed by atoms with Gasteiger partial charge < -0.3 is 9.84 Å². The van der Waals surface area contributed by atoms with E-state index in [1.165, 1.54) is 4.90 Å². The summed E-state index contributed by atoms with van der Waals surface area (Å²) in [5, 5.41) is 7.05. The first-order valence-electron chi connectivity index (χ1n) is 5.98. The van der Waals surface area contributed by atoms with Crippen molar-refractivity contribution in [3.63, 3.8) is 0 Å². The number of aromatic nitrogens is 2. The van der Waals surface area contributed by atoms with E-state index in [2.05, 4.69) is 41.4 Å². The third-order valence-corrected chi connectivity index (χ3v) is 3.25. The van der Waals surface area contributed by atoms with Gasteiger partial charge in [-0.25, -0.2) is 0 Å². The predicted octanol–water partition coefficient (Wildman–Crippen LogP) is 3.43. The molecule has 5 heteroatoms. The van der Waals surface area contributed by atoms with Gasteiger partial charge in [0, 0.05) is 11.4 Å². The Kier molecular flexibility index (Phi) is 4.64. The highest BCUT2D eigenvalue weighted by molar-refractivity contribution is 7.98. The summed E-state index contributed by atoms with van der Waals surface area (Å²) in [7, 11) is 0. The molecule has 0 aliphatic heterocycles. The molecular weight excluding hydrogens is 246 g/mol. The normalized spacial score (nSPS) is 10.8. The van der Waals surface area contributed by atoms with Crippen LogP contribution in [0.5, 0.6) is 0 Å². The molecular formula is C13H17N3OS. The number of hydrogen-bond donors (Lipinski definition) is 1. The summed E-state index contributed by atoms with van der Waals surface area (Å²) in [6, 6.07) is 10.7. The minimum atomic E-state index is 0.507. The van der Waals surface area contributed by atoms with E-state index >= 15 is 0 Å². The summed E-state index contributed by atoms with van der Waals surface area (Å²) in [6.07, 6.45) is 0. The zero-order valence-corrected chi connectivity index (χ0v) is 11.4. The molecule has 1 heterocycles. The Morgan fingerprint density at radius 3 is 2.78 bits per heavy atom. The molecule has 0 saturated heterocycles. The van der Waals surface area contributed by atoms with Crippen LogP contribution in [0.2, 0.25) is 0 Å². The second-order valence-electron chi connectivity index (χ2n) is 4.39. The Morgan fingerprint density at radius 1 is 1.28 bits per heavy atom. The molecule has 1 aromatic heterocycles. The maximum atomic E-state index is 5.12.